The number of ether oxygens (including phenoxy) is 4. The minimum Gasteiger partial charge on any atom is -0.465 e. The molecule has 404 valence electrons. The Labute approximate surface area is 445 Å². The van der Waals surface area contributed by atoms with Gasteiger partial charge in [0.1, 0.15) is 30.0 Å². The van der Waals surface area contributed by atoms with Crippen molar-refractivity contribution in [3.8, 4) is 0 Å². The lowest BCUT2D eigenvalue weighted by Crippen LogP contribution is -2.68. The van der Waals surface area contributed by atoms with E-state index in [1.165, 1.54) is 10.4 Å². The Morgan fingerprint density at radius 2 is 1.45 bits per heavy atom. The van der Waals surface area contributed by atoms with Crippen molar-refractivity contribution in [2.24, 2.45) is 17.3 Å². The second-order valence-corrected chi connectivity index (χ2v) is 32.6. The van der Waals surface area contributed by atoms with Gasteiger partial charge in [-0.25, -0.2) is 9.97 Å². The van der Waals surface area contributed by atoms with E-state index >= 15 is 0 Å². The first kappa shape index (κ1) is 57.5. The number of carbonyl (C=O) groups is 1. The molecular formula is C61H88N2O9Si2. The van der Waals surface area contributed by atoms with Crippen molar-refractivity contribution in [3.63, 3.8) is 0 Å². The molecule has 0 saturated carbocycles. The fourth-order valence-corrected chi connectivity index (χ4v) is 19.4. The molecule has 3 aliphatic heterocycles. The lowest BCUT2D eigenvalue weighted by molar-refractivity contribution is -0.155. The van der Waals surface area contributed by atoms with E-state index in [0.29, 0.717) is 50.5 Å². The van der Waals surface area contributed by atoms with Gasteiger partial charge < -0.3 is 36.6 Å². The molecule has 0 aliphatic carbocycles. The highest BCUT2D eigenvalue weighted by molar-refractivity contribution is 6.99. The summed E-state index contributed by atoms with van der Waals surface area (Å²) in [7, 11) is -4.87. The summed E-state index contributed by atoms with van der Waals surface area (Å²) >= 11 is 0. The number of nitrogens with zero attached hydrogens (tertiary/aromatic N) is 2. The van der Waals surface area contributed by atoms with Crippen molar-refractivity contribution in [2.45, 2.75) is 207 Å². The van der Waals surface area contributed by atoms with Crippen LogP contribution in [0.15, 0.2) is 106 Å². The Balaban J connectivity index is 1.14. The van der Waals surface area contributed by atoms with Gasteiger partial charge >= 0.3 is 5.97 Å². The van der Waals surface area contributed by atoms with E-state index < -0.39 is 22.0 Å². The lowest BCUT2D eigenvalue weighted by Gasteiger charge is -2.48. The maximum atomic E-state index is 12.6. The van der Waals surface area contributed by atoms with Gasteiger partial charge in [-0.05, 0) is 105 Å². The number of benzene rings is 2. The third-order valence-electron chi connectivity index (χ3n) is 16.0. The predicted molar refractivity (Wildman–Crippen MR) is 300 cm³/mol. The van der Waals surface area contributed by atoms with Crippen molar-refractivity contribution in [3.05, 3.63) is 120 Å². The topological polar surface area (TPSA) is 125 Å². The Bertz CT molecular complexity index is 2440. The molecule has 7 rings (SSSR count). The molecule has 0 N–H and O–H groups in total. The second-order valence-electron chi connectivity index (χ2n) is 23.6. The van der Waals surface area contributed by atoms with E-state index in [9.17, 15) is 4.79 Å². The van der Waals surface area contributed by atoms with Crippen LogP contribution in [-0.2, 0) is 32.6 Å². The van der Waals surface area contributed by atoms with Gasteiger partial charge in [0, 0.05) is 38.0 Å². The van der Waals surface area contributed by atoms with Crippen LogP contribution in [-0.4, -0.2) is 81.9 Å². The summed E-state index contributed by atoms with van der Waals surface area (Å²) in [6.07, 6.45) is 13.3. The Hall–Kier alpha value is -4.22. The molecule has 3 aliphatic rings. The number of carbonyl (C=O) groups excluding carboxylic acids is 1. The highest BCUT2D eigenvalue weighted by Crippen LogP contribution is 2.44. The molecule has 0 spiro atoms. The summed E-state index contributed by atoms with van der Waals surface area (Å²) in [4.78, 5) is 22.2. The first-order chi connectivity index (χ1) is 35.2. The molecule has 10 atom stereocenters. The quantitative estimate of drug-likeness (QED) is 0.0477. The molecule has 74 heavy (non-hydrogen) atoms. The van der Waals surface area contributed by atoms with E-state index in [4.69, 9.17) is 41.6 Å². The molecule has 5 heterocycles. The lowest BCUT2D eigenvalue weighted by atomic mass is 9.79. The maximum Gasteiger partial charge on any atom is 0.311 e. The van der Waals surface area contributed by atoms with Crippen molar-refractivity contribution >= 4 is 45.1 Å². The van der Waals surface area contributed by atoms with Crippen molar-refractivity contribution < 1.29 is 41.4 Å². The Morgan fingerprint density at radius 3 is 2.04 bits per heavy atom. The van der Waals surface area contributed by atoms with E-state index in [1.54, 1.807) is 12.5 Å². The Kier molecular flexibility index (Phi) is 19.3. The molecule has 4 aromatic rings. The van der Waals surface area contributed by atoms with E-state index in [-0.39, 0.29) is 71.7 Å². The van der Waals surface area contributed by atoms with Gasteiger partial charge in [-0.2, -0.15) is 0 Å². The van der Waals surface area contributed by atoms with Crippen LogP contribution in [0.5, 0.6) is 0 Å². The largest absolute Gasteiger partial charge is 0.465 e. The van der Waals surface area contributed by atoms with Crippen molar-refractivity contribution in [2.75, 3.05) is 6.61 Å². The van der Waals surface area contributed by atoms with Gasteiger partial charge in [0.05, 0.1) is 54.7 Å². The normalized spacial score (nSPS) is 26.7. The first-order valence-corrected chi connectivity index (χ1v) is 32.1. The van der Waals surface area contributed by atoms with Crippen LogP contribution in [0, 0.1) is 24.2 Å². The molecule has 0 amide bonds. The first-order valence-electron chi connectivity index (χ1n) is 27.7. The average Bonchev–Trinajstić information content (AvgIpc) is 4.02. The Morgan fingerprint density at radius 1 is 0.797 bits per heavy atom. The predicted octanol–water partition coefficient (Wildman–Crippen LogP) is 13.5. The second kappa shape index (κ2) is 24.8. The SMILES string of the molecule is C=C1C[C@H](C[C@@H]2C[C@@H](O[Si](c3ccccc3)(c3ccccc3)C(C)(C)C)C[C@H](c3coc(/C=C/C[C@H]4O[C@@H](/C(C)=C/c5coc(C)n5)[C@H](C)[C@@H](O[Si](CC)(CC)CC)[C@H]4C)n3)O2)O[C@@H](CCOC(=O)C(C)(C)C)C1. The number of aryl methyl sites for hydroxylation is 1. The molecule has 3 fully saturated rings. The van der Waals surface area contributed by atoms with Gasteiger partial charge in [0.2, 0.25) is 5.89 Å². The zero-order chi connectivity index (χ0) is 53.4. The molecule has 2 aromatic carbocycles. The molecule has 0 unspecified atom stereocenters. The summed E-state index contributed by atoms with van der Waals surface area (Å²) in [6.45, 7) is 32.8. The monoisotopic (exact) mass is 1050 g/mol. The van der Waals surface area contributed by atoms with Crippen LogP contribution < -0.4 is 10.4 Å². The third kappa shape index (κ3) is 13.8. The van der Waals surface area contributed by atoms with Crippen LogP contribution in [0.3, 0.4) is 0 Å². The van der Waals surface area contributed by atoms with Gasteiger partial charge in [-0.1, -0.05) is 134 Å². The molecule has 0 bridgehead atoms. The standard InChI is InChI=1S/C61H88N2O9Si2/c1-15-73(16-2,17-3)72-58-43(6)54(70-57(44(58)7)42(5)35-46-39-66-45(8)62-46)29-24-30-56-63-53(40-67-56)55-38-50(71-74(61(12,13)14,51-25-20-18-21-26-51)52-27-22-19-23-28-52)37-49(69-55)36-48-34-41(4)33-47(68-48)31-32-65-59(64)60(9,10)11/h18-28,30,35,39-40,43-44,47-50,54-55,57-58H,4,15-17,29,31-34,36-38H2,1-3,5-14H3/b30-24+,42-35+/t43-,44-,47-,48+,49+,50+,54+,55+,57-,58-/m0/s1. The fraction of sp³-hybridized carbons (Fsp3) is 0.590. The van der Waals surface area contributed by atoms with Crippen molar-refractivity contribution in [1.82, 2.24) is 9.97 Å². The summed E-state index contributed by atoms with van der Waals surface area (Å²) in [6, 6.07) is 24.9. The van der Waals surface area contributed by atoms with Gasteiger partial charge in [-0.15, -0.1) is 0 Å². The van der Waals surface area contributed by atoms with Crippen molar-refractivity contribution in [1.29, 1.82) is 0 Å². The van der Waals surface area contributed by atoms with Gasteiger partial charge in [0.25, 0.3) is 8.32 Å². The number of esters is 1. The zero-order valence-corrected chi connectivity index (χ0v) is 49.0. The number of hydrogen-bond donors (Lipinski definition) is 0. The minimum absolute atomic E-state index is 0.0471. The summed E-state index contributed by atoms with van der Waals surface area (Å²) in [5.74, 6) is 1.27. The van der Waals surface area contributed by atoms with Crippen LogP contribution in [0.25, 0.3) is 12.2 Å². The summed E-state index contributed by atoms with van der Waals surface area (Å²) in [5.41, 5.74) is 3.23. The average molecular weight is 1050 g/mol. The smallest absolute Gasteiger partial charge is 0.311 e. The molecule has 13 heteroatoms. The number of hydrogen-bond acceptors (Lipinski definition) is 11. The summed E-state index contributed by atoms with van der Waals surface area (Å²) in [5, 5.41) is 2.27. The van der Waals surface area contributed by atoms with E-state index in [1.807, 2.05) is 33.8 Å². The van der Waals surface area contributed by atoms with Gasteiger partial charge in [0.15, 0.2) is 14.2 Å². The van der Waals surface area contributed by atoms with E-state index in [0.717, 1.165) is 53.5 Å². The molecule has 2 aromatic heterocycles. The maximum absolute atomic E-state index is 12.6. The van der Waals surface area contributed by atoms with Crippen LogP contribution in [0.1, 0.15) is 157 Å². The van der Waals surface area contributed by atoms with Gasteiger partial charge in [-0.3, -0.25) is 4.79 Å². The molecule has 0 radical (unpaired) electrons. The van der Waals surface area contributed by atoms with Crippen LogP contribution in [0.2, 0.25) is 23.2 Å². The molecular weight excluding hydrogens is 961 g/mol. The number of rotatable bonds is 20. The third-order valence-corrected chi connectivity index (χ3v) is 25.8. The van der Waals surface area contributed by atoms with Crippen LogP contribution in [0.4, 0.5) is 0 Å². The minimum atomic E-state index is -2.93. The zero-order valence-electron chi connectivity index (χ0n) is 47.0. The molecule has 3 saturated heterocycles. The number of aromatic nitrogens is 2. The van der Waals surface area contributed by atoms with E-state index in [2.05, 4.69) is 147 Å². The van der Waals surface area contributed by atoms with Crippen LogP contribution >= 0.6 is 0 Å². The highest BCUT2D eigenvalue weighted by Gasteiger charge is 2.53. The summed E-state index contributed by atoms with van der Waals surface area (Å²) < 4.78 is 53.6. The highest BCUT2D eigenvalue weighted by atomic mass is 28.4. The fourth-order valence-electron chi connectivity index (χ4n) is 11.7. The number of oxazole rings is 2. The molecule has 11 nitrogen and oxygen atoms in total.